The maximum atomic E-state index is 12.6. The van der Waals surface area contributed by atoms with Gasteiger partial charge in [-0.15, -0.1) is 0 Å². The van der Waals surface area contributed by atoms with Gasteiger partial charge in [0.05, 0.1) is 5.69 Å². The van der Waals surface area contributed by atoms with E-state index in [-0.39, 0.29) is 11.8 Å². The third kappa shape index (κ3) is 3.67. The van der Waals surface area contributed by atoms with Gasteiger partial charge in [0.1, 0.15) is 0 Å². The van der Waals surface area contributed by atoms with Crippen LogP contribution >= 0.6 is 0 Å². The number of aromatic nitrogens is 2. The molecule has 0 bridgehead atoms. The molecule has 0 aliphatic heterocycles. The van der Waals surface area contributed by atoms with Crippen LogP contribution in [0.4, 0.5) is 5.69 Å². The Morgan fingerprint density at radius 2 is 1.78 bits per heavy atom. The van der Waals surface area contributed by atoms with Gasteiger partial charge in [-0.2, -0.15) is 5.10 Å². The topological polar surface area (TPSA) is 64.0 Å². The summed E-state index contributed by atoms with van der Waals surface area (Å²) >= 11 is 0. The van der Waals surface area contributed by atoms with Crippen LogP contribution in [0, 0.1) is 13.8 Å². The first kappa shape index (κ1) is 16.9. The number of benzene rings is 1. The lowest BCUT2D eigenvalue weighted by Gasteiger charge is -2.07. The summed E-state index contributed by atoms with van der Waals surface area (Å²) in [5.74, 6) is -0.172. The average molecular weight is 313 g/mol. The molecule has 0 radical (unpaired) electrons. The summed E-state index contributed by atoms with van der Waals surface area (Å²) in [6.45, 7) is 7.85. The van der Waals surface area contributed by atoms with E-state index >= 15 is 0 Å². The van der Waals surface area contributed by atoms with Gasteiger partial charge >= 0.3 is 0 Å². The predicted molar refractivity (Wildman–Crippen MR) is 90.8 cm³/mol. The second-order valence-corrected chi connectivity index (χ2v) is 5.60. The molecule has 2 rings (SSSR count). The number of carbonyl (C=O) groups is 2. The van der Waals surface area contributed by atoms with Gasteiger partial charge in [0, 0.05) is 23.4 Å². The van der Waals surface area contributed by atoms with Crippen molar-refractivity contribution in [2.75, 3.05) is 5.32 Å². The first-order chi connectivity index (χ1) is 11.0. The summed E-state index contributed by atoms with van der Waals surface area (Å²) < 4.78 is 1.46. The number of hydrogen-bond donors (Lipinski definition) is 1. The maximum Gasteiger partial charge on any atom is 0.278 e. The highest BCUT2D eigenvalue weighted by atomic mass is 16.2. The van der Waals surface area contributed by atoms with Crippen LogP contribution in [0.5, 0.6) is 0 Å². The van der Waals surface area contributed by atoms with Crippen molar-refractivity contribution in [1.82, 2.24) is 9.78 Å². The Hall–Kier alpha value is -2.43. The van der Waals surface area contributed by atoms with Gasteiger partial charge in [0.25, 0.3) is 5.91 Å². The molecule has 5 heteroatoms. The minimum atomic E-state index is -0.156. The number of anilines is 1. The number of aryl methyl sites for hydroxylation is 1. The van der Waals surface area contributed by atoms with Gasteiger partial charge in [-0.1, -0.05) is 13.8 Å². The molecule has 5 nitrogen and oxygen atoms in total. The fourth-order valence-corrected chi connectivity index (χ4v) is 2.65. The van der Waals surface area contributed by atoms with Crippen LogP contribution < -0.4 is 5.32 Å². The minimum absolute atomic E-state index is 0.0160. The van der Waals surface area contributed by atoms with Crippen LogP contribution in [0.3, 0.4) is 0 Å². The van der Waals surface area contributed by atoms with Gasteiger partial charge in [-0.25, -0.2) is 4.68 Å². The molecule has 0 fully saturated rings. The summed E-state index contributed by atoms with van der Waals surface area (Å²) in [6.07, 6.45) is 2.15. The molecule has 23 heavy (non-hydrogen) atoms. The molecule has 0 spiro atoms. The summed E-state index contributed by atoms with van der Waals surface area (Å²) in [5.41, 5.74) is 4.13. The normalized spacial score (nSPS) is 10.6. The van der Waals surface area contributed by atoms with Gasteiger partial charge in [-0.05, 0) is 56.5 Å². The quantitative estimate of drug-likeness (QED) is 0.919. The maximum absolute atomic E-state index is 12.6. The Labute approximate surface area is 136 Å². The molecule has 0 saturated carbocycles. The van der Waals surface area contributed by atoms with Gasteiger partial charge in [0.2, 0.25) is 5.91 Å². The number of rotatable bonds is 5. The van der Waals surface area contributed by atoms with Crippen LogP contribution in [0.25, 0.3) is 0 Å². The highest BCUT2D eigenvalue weighted by Gasteiger charge is 2.16. The van der Waals surface area contributed by atoms with E-state index in [1.807, 2.05) is 20.8 Å². The SMILES string of the molecule is CCCC(=O)Nc1ccc(C(=O)n2nc(C)c(CC)c2C)cc1. The molecule has 1 aromatic carbocycles. The van der Waals surface area contributed by atoms with E-state index in [1.54, 1.807) is 24.3 Å². The van der Waals surface area contributed by atoms with E-state index in [4.69, 9.17) is 0 Å². The number of nitrogens with zero attached hydrogens (tertiary/aromatic N) is 2. The van der Waals surface area contributed by atoms with Crippen LogP contribution in [0.1, 0.15) is 54.0 Å². The van der Waals surface area contributed by atoms with Crippen molar-refractivity contribution in [3.05, 3.63) is 46.8 Å². The highest BCUT2D eigenvalue weighted by molar-refractivity contribution is 5.97. The Morgan fingerprint density at radius 3 is 2.30 bits per heavy atom. The molecule has 0 aliphatic rings. The van der Waals surface area contributed by atoms with E-state index in [1.165, 1.54) is 4.68 Å². The summed E-state index contributed by atoms with van der Waals surface area (Å²) in [6, 6.07) is 6.92. The molecule has 0 aliphatic carbocycles. The molecule has 0 atom stereocenters. The van der Waals surface area contributed by atoms with Gasteiger partial charge in [-0.3, -0.25) is 9.59 Å². The van der Waals surface area contributed by atoms with E-state index in [0.717, 1.165) is 29.8 Å². The van der Waals surface area contributed by atoms with Crippen molar-refractivity contribution in [1.29, 1.82) is 0 Å². The zero-order valence-corrected chi connectivity index (χ0v) is 14.1. The lowest BCUT2D eigenvalue weighted by atomic mass is 10.1. The zero-order valence-electron chi connectivity index (χ0n) is 14.1. The fraction of sp³-hybridized carbons (Fsp3) is 0.389. The molecule has 2 aromatic rings. The lowest BCUT2D eigenvalue weighted by Crippen LogP contribution is -2.16. The van der Waals surface area contributed by atoms with E-state index in [0.29, 0.717) is 17.7 Å². The van der Waals surface area contributed by atoms with Crippen molar-refractivity contribution >= 4 is 17.5 Å². The van der Waals surface area contributed by atoms with E-state index < -0.39 is 0 Å². The number of amides is 1. The summed E-state index contributed by atoms with van der Waals surface area (Å²) in [4.78, 5) is 24.2. The molecule has 122 valence electrons. The minimum Gasteiger partial charge on any atom is -0.326 e. The van der Waals surface area contributed by atoms with Crippen LogP contribution in [-0.2, 0) is 11.2 Å². The lowest BCUT2D eigenvalue weighted by molar-refractivity contribution is -0.116. The standard InChI is InChI=1S/C18H23N3O2/c1-5-7-17(22)19-15-10-8-14(9-11-15)18(23)21-13(4)16(6-2)12(3)20-21/h8-11H,5-7H2,1-4H3,(H,19,22). The monoisotopic (exact) mass is 313 g/mol. The number of hydrogen-bond acceptors (Lipinski definition) is 3. The van der Waals surface area contributed by atoms with Gasteiger partial charge < -0.3 is 5.32 Å². The molecule has 1 N–H and O–H groups in total. The molecule has 1 aromatic heterocycles. The molecular formula is C18H23N3O2. The third-order valence-electron chi connectivity index (χ3n) is 3.88. The molecular weight excluding hydrogens is 290 g/mol. The number of nitrogens with one attached hydrogen (secondary N) is 1. The predicted octanol–water partition coefficient (Wildman–Crippen LogP) is 3.49. The van der Waals surface area contributed by atoms with E-state index in [2.05, 4.69) is 17.3 Å². The van der Waals surface area contributed by atoms with Crippen LogP contribution in [0.2, 0.25) is 0 Å². The molecule has 1 heterocycles. The van der Waals surface area contributed by atoms with Crippen molar-refractivity contribution in [2.45, 2.75) is 47.0 Å². The first-order valence-corrected chi connectivity index (χ1v) is 7.97. The second kappa shape index (κ2) is 7.22. The molecule has 1 amide bonds. The first-order valence-electron chi connectivity index (χ1n) is 7.97. The Morgan fingerprint density at radius 1 is 1.13 bits per heavy atom. The highest BCUT2D eigenvalue weighted by Crippen LogP contribution is 2.16. The summed E-state index contributed by atoms with van der Waals surface area (Å²) in [7, 11) is 0. The summed E-state index contributed by atoms with van der Waals surface area (Å²) in [5, 5.41) is 7.16. The zero-order chi connectivity index (χ0) is 17.0. The number of carbonyl (C=O) groups excluding carboxylic acids is 2. The third-order valence-corrected chi connectivity index (χ3v) is 3.88. The van der Waals surface area contributed by atoms with Crippen LogP contribution in [-0.4, -0.2) is 21.6 Å². The van der Waals surface area contributed by atoms with Crippen molar-refractivity contribution in [3.8, 4) is 0 Å². The van der Waals surface area contributed by atoms with Crippen molar-refractivity contribution in [3.63, 3.8) is 0 Å². The van der Waals surface area contributed by atoms with Gasteiger partial charge in [0.15, 0.2) is 0 Å². The average Bonchev–Trinajstić information content (AvgIpc) is 2.81. The smallest absolute Gasteiger partial charge is 0.278 e. The van der Waals surface area contributed by atoms with E-state index in [9.17, 15) is 9.59 Å². The van der Waals surface area contributed by atoms with Crippen LogP contribution in [0.15, 0.2) is 24.3 Å². The Kier molecular flexibility index (Phi) is 5.32. The molecule has 0 unspecified atom stereocenters. The fourth-order valence-electron chi connectivity index (χ4n) is 2.65. The Bertz CT molecular complexity index is 715. The molecule has 0 saturated heterocycles. The van der Waals surface area contributed by atoms with Crippen molar-refractivity contribution < 1.29 is 9.59 Å². The largest absolute Gasteiger partial charge is 0.326 e. The van der Waals surface area contributed by atoms with Crippen molar-refractivity contribution in [2.24, 2.45) is 0 Å². The second-order valence-electron chi connectivity index (χ2n) is 5.60. The Balaban J connectivity index is 2.19.